The highest BCUT2D eigenvalue weighted by molar-refractivity contribution is 9.10. The predicted octanol–water partition coefficient (Wildman–Crippen LogP) is 0.847. The lowest BCUT2D eigenvalue weighted by molar-refractivity contribution is -0.137. The van der Waals surface area contributed by atoms with E-state index >= 15 is 0 Å². The Balaban J connectivity index is 2.25. The van der Waals surface area contributed by atoms with Gasteiger partial charge in [0, 0.05) is 17.2 Å². The lowest BCUT2D eigenvalue weighted by Gasteiger charge is -2.05. The van der Waals surface area contributed by atoms with Crippen LogP contribution < -0.4 is 10.6 Å². The van der Waals surface area contributed by atoms with Crippen molar-refractivity contribution in [2.45, 2.75) is 6.42 Å². The summed E-state index contributed by atoms with van der Waals surface area (Å²) in [6.07, 6.45) is 1.57. The predicted molar refractivity (Wildman–Crippen MR) is 65.7 cm³/mol. The molecule has 1 aromatic rings. The highest BCUT2D eigenvalue weighted by Gasteiger charge is 2.03. The number of carboxylic acids is 1. The molecule has 1 heterocycles. The van der Waals surface area contributed by atoms with Gasteiger partial charge in [-0.25, -0.2) is 4.98 Å². The van der Waals surface area contributed by atoms with Crippen molar-refractivity contribution in [1.29, 1.82) is 0 Å². The summed E-state index contributed by atoms with van der Waals surface area (Å²) in [6, 6.07) is 3.43. The van der Waals surface area contributed by atoms with Gasteiger partial charge in [-0.1, -0.05) is 0 Å². The molecule has 0 saturated carbocycles. The molecule has 0 spiro atoms. The van der Waals surface area contributed by atoms with Crippen LogP contribution in [-0.2, 0) is 9.59 Å². The number of aromatic nitrogens is 1. The van der Waals surface area contributed by atoms with Crippen LogP contribution in [0.3, 0.4) is 0 Å². The summed E-state index contributed by atoms with van der Waals surface area (Å²) < 4.78 is 0.829. The van der Waals surface area contributed by atoms with E-state index < -0.39 is 5.97 Å². The first-order valence-corrected chi connectivity index (χ1v) is 5.71. The zero-order chi connectivity index (χ0) is 12.7. The summed E-state index contributed by atoms with van der Waals surface area (Å²) in [5, 5.41) is 13.7. The molecule has 1 amide bonds. The van der Waals surface area contributed by atoms with Gasteiger partial charge in [0.2, 0.25) is 5.91 Å². The Morgan fingerprint density at radius 1 is 1.41 bits per heavy atom. The van der Waals surface area contributed by atoms with Gasteiger partial charge in [0.1, 0.15) is 5.82 Å². The first-order valence-electron chi connectivity index (χ1n) is 4.92. The molecule has 7 heteroatoms. The largest absolute Gasteiger partial charge is 0.481 e. The number of nitrogens with zero attached hydrogens (tertiary/aromatic N) is 1. The van der Waals surface area contributed by atoms with Gasteiger partial charge in [0.25, 0.3) is 0 Å². The smallest absolute Gasteiger partial charge is 0.304 e. The summed E-state index contributed by atoms with van der Waals surface area (Å²) in [5.41, 5.74) is 0. The summed E-state index contributed by atoms with van der Waals surface area (Å²) >= 11 is 3.23. The molecule has 0 aromatic carbocycles. The fraction of sp³-hybridized carbons (Fsp3) is 0.300. The van der Waals surface area contributed by atoms with Gasteiger partial charge in [-0.05, 0) is 28.1 Å². The van der Waals surface area contributed by atoms with Crippen molar-refractivity contribution in [3.63, 3.8) is 0 Å². The van der Waals surface area contributed by atoms with Gasteiger partial charge in [-0.2, -0.15) is 0 Å². The van der Waals surface area contributed by atoms with Gasteiger partial charge in [0.15, 0.2) is 0 Å². The average Bonchev–Trinajstić information content (AvgIpc) is 2.27. The van der Waals surface area contributed by atoms with E-state index in [9.17, 15) is 9.59 Å². The van der Waals surface area contributed by atoms with E-state index in [1.54, 1.807) is 18.3 Å². The highest BCUT2D eigenvalue weighted by Crippen LogP contribution is 2.09. The van der Waals surface area contributed by atoms with E-state index in [-0.39, 0.29) is 25.4 Å². The molecule has 0 unspecified atom stereocenters. The number of carbonyl (C=O) groups excluding carboxylic acids is 1. The topological polar surface area (TPSA) is 91.3 Å². The number of rotatable bonds is 6. The second-order valence-corrected chi connectivity index (χ2v) is 4.15. The molecule has 0 atom stereocenters. The molecular weight excluding hydrogens is 290 g/mol. The van der Waals surface area contributed by atoms with Crippen molar-refractivity contribution in [3.05, 3.63) is 22.8 Å². The Bertz CT molecular complexity index is 394. The van der Waals surface area contributed by atoms with Gasteiger partial charge >= 0.3 is 5.97 Å². The van der Waals surface area contributed by atoms with Crippen LogP contribution in [0.2, 0.25) is 0 Å². The van der Waals surface area contributed by atoms with Crippen LogP contribution in [0.15, 0.2) is 22.8 Å². The van der Waals surface area contributed by atoms with Crippen molar-refractivity contribution < 1.29 is 14.7 Å². The average molecular weight is 302 g/mol. The van der Waals surface area contributed by atoms with Gasteiger partial charge < -0.3 is 15.7 Å². The Morgan fingerprint density at radius 2 is 2.18 bits per heavy atom. The third-order valence-electron chi connectivity index (χ3n) is 1.80. The lowest BCUT2D eigenvalue weighted by atomic mass is 10.4. The Labute approximate surface area is 107 Å². The van der Waals surface area contributed by atoms with E-state index in [4.69, 9.17) is 5.11 Å². The first-order chi connectivity index (χ1) is 8.08. The second-order valence-electron chi connectivity index (χ2n) is 3.23. The highest BCUT2D eigenvalue weighted by atomic mass is 79.9. The minimum atomic E-state index is -0.896. The van der Waals surface area contributed by atoms with Gasteiger partial charge in [0.05, 0.1) is 13.0 Å². The zero-order valence-corrected chi connectivity index (χ0v) is 10.5. The number of anilines is 1. The minimum absolute atomic E-state index is 0.0101. The monoisotopic (exact) mass is 301 g/mol. The Kier molecular flexibility index (Phi) is 5.58. The van der Waals surface area contributed by atoms with Crippen molar-refractivity contribution in [3.8, 4) is 0 Å². The van der Waals surface area contributed by atoms with Crippen molar-refractivity contribution in [1.82, 2.24) is 10.3 Å². The molecule has 6 nitrogen and oxygen atoms in total. The fourth-order valence-electron chi connectivity index (χ4n) is 1.03. The second kappa shape index (κ2) is 6.97. The van der Waals surface area contributed by atoms with E-state index in [0.29, 0.717) is 5.82 Å². The number of carboxylic acid groups (broad SMARTS) is 1. The minimum Gasteiger partial charge on any atom is -0.481 e. The molecule has 0 fully saturated rings. The van der Waals surface area contributed by atoms with Crippen LogP contribution in [0.1, 0.15) is 6.42 Å². The number of halogens is 1. The van der Waals surface area contributed by atoms with Crippen LogP contribution in [-0.4, -0.2) is 35.1 Å². The van der Waals surface area contributed by atoms with E-state index in [2.05, 4.69) is 31.5 Å². The van der Waals surface area contributed by atoms with Gasteiger partial charge in [-0.3, -0.25) is 9.59 Å². The van der Waals surface area contributed by atoms with E-state index in [0.717, 1.165) is 4.47 Å². The number of pyridine rings is 1. The summed E-state index contributed by atoms with van der Waals surface area (Å²) in [5.74, 6) is -0.698. The third-order valence-corrected chi connectivity index (χ3v) is 2.27. The Morgan fingerprint density at radius 3 is 2.76 bits per heavy atom. The number of amides is 1. The van der Waals surface area contributed by atoms with Crippen LogP contribution in [0.4, 0.5) is 5.82 Å². The van der Waals surface area contributed by atoms with Crippen LogP contribution in [0, 0.1) is 0 Å². The Hall–Kier alpha value is -1.47. The lowest BCUT2D eigenvalue weighted by Crippen LogP contribution is -2.29. The summed E-state index contributed by atoms with van der Waals surface area (Å²) in [4.78, 5) is 25.6. The third kappa shape index (κ3) is 5.98. The maximum absolute atomic E-state index is 11.4. The quantitative estimate of drug-likeness (QED) is 0.678. The van der Waals surface area contributed by atoms with E-state index in [1.807, 2.05) is 0 Å². The number of aliphatic carboxylic acids is 1. The van der Waals surface area contributed by atoms with Crippen molar-refractivity contribution >= 4 is 33.6 Å². The number of carbonyl (C=O) groups is 2. The maximum Gasteiger partial charge on any atom is 0.304 e. The number of hydrogen-bond donors (Lipinski definition) is 3. The van der Waals surface area contributed by atoms with Crippen molar-refractivity contribution in [2.24, 2.45) is 0 Å². The van der Waals surface area contributed by atoms with Crippen LogP contribution >= 0.6 is 15.9 Å². The SMILES string of the molecule is O=C(O)CCNCC(=O)Nc1ccc(Br)cn1. The molecule has 0 aliphatic heterocycles. The first kappa shape index (κ1) is 13.6. The molecule has 1 aromatic heterocycles. The molecule has 0 aliphatic carbocycles. The van der Waals surface area contributed by atoms with E-state index in [1.165, 1.54) is 0 Å². The maximum atomic E-state index is 11.4. The standard InChI is InChI=1S/C10H12BrN3O3/c11-7-1-2-8(13-5-7)14-9(15)6-12-4-3-10(16)17/h1-2,5,12H,3-4,6H2,(H,16,17)(H,13,14,15). The van der Waals surface area contributed by atoms with Crippen molar-refractivity contribution in [2.75, 3.05) is 18.4 Å². The molecule has 1 rings (SSSR count). The molecular formula is C10H12BrN3O3. The van der Waals surface area contributed by atoms with Crippen LogP contribution in [0.5, 0.6) is 0 Å². The number of nitrogens with one attached hydrogen (secondary N) is 2. The molecule has 0 bridgehead atoms. The summed E-state index contributed by atoms with van der Waals surface area (Å²) in [7, 11) is 0. The zero-order valence-electron chi connectivity index (χ0n) is 8.94. The fourth-order valence-corrected chi connectivity index (χ4v) is 1.27. The number of hydrogen-bond acceptors (Lipinski definition) is 4. The molecule has 0 radical (unpaired) electrons. The summed E-state index contributed by atoms with van der Waals surface area (Å²) in [6.45, 7) is 0.321. The molecule has 0 saturated heterocycles. The molecule has 3 N–H and O–H groups in total. The van der Waals surface area contributed by atoms with Crippen LogP contribution in [0.25, 0.3) is 0 Å². The molecule has 17 heavy (non-hydrogen) atoms. The normalized spacial score (nSPS) is 9.94. The van der Waals surface area contributed by atoms with Gasteiger partial charge in [-0.15, -0.1) is 0 Å². The molecule has 0 aliphatic rings. The molecule has 92 valence electrons.